The lowest BCUT2D eigenvalue weighted by Gasteiger charge is -1.97. The quantitative estimate of drug-likeness (QED) is 0.577. The van der Waals surface area contributed by atoms with Gasteiger partial charge in [0.25, 0.3) is 0 Å². The summed E-state index contributed by atoms with van der Waals surface area (Å²) < 4.78 is 19.5. The van der Waals surface area contributed by atoms with E-state index in [4.69, 9.17) is 11.6 Å². The molecule has 0 N–H and O–H groups in total. The summed E-state index contributed by atoms with van der Waals surface area (Å²) in [5, 5.41) is 0. The molecule has 0 saturated heterocycles. The molecule has 0 aromatic heterocycles. The van der Waals surface area contributed by atoms with Crippen LogP contribution in [-0.2, 0) is 19.7 Å². The molecule has 0 spiro atoms. The van der Waals surface area contributed by atoms with E-state index in [9.17, 15) is 4.21 Å². The highest BCUT2D eigenvalue weighted by atomic mass is 35.5. The maximum Gasteiger partial charge on any atom is 0.304 e. The van der Waals surface area contributed by atoms with Crippen molar-refractivity contribution in [2.24, 2.45) is 0 Å². The van der Waals surface area contributed by atoms with E-state index in [-0.39, 0.29) is 6.61 Å². The van der Waals surface area contributed by atoms with E-state index in [2.05, 4.69) is 8.37 Å². The predicted molar refractivity (Wildman–Crippen MR) is 36.4 cm³/mol. The standard InChI is InChI=1S/C4H9ClO3S/c1-2-7-9(6)8-4-3-5/h2-4H2,1H3. The summed E-state index contributed by atoms with van der Waals surface area (Å²) >= 11 is 3.63. The lowest BCUT2D eigenvalue weighted by atomic mass is 10.9. The van der Waals surface area contributed by atoms with Crippen LogP contribution in [0.1, 0.15) is 6.92 Å². The zero-order chi connectivity index (χ0) is 7.11. The number of alkyl halides is 1. The summed E-state index contributed by atoms with van der Waals surface area (Å²) in [7, 11) is 0. The van der Waals surface area contributed by atoms with Gasteiger partial charge in [0, 0.05) is 5.88 Å². The van der Waals surface area contributed by atoms with Crippen molar-refractivity contribution in [2.75, 3.05) is 19.1 Å². The molecular weight excluding hydrogens is 164 g/mol. The lowest BCUT2D eigenvalue weighted by molar-refractivity contribution is 0.270. The van der Waals surface area contributed by atoms with Crippen molar-refractivity contribution in [3.8, 4) is 0 Å². The SMILES string of the molecule is CCOS(=O)OCCCl. The second kappa shape index (κ2) is 6.48. The van der Waals surface area contributed by atoms with E-state index in [0.29, 0.717) is 12.5 Å². The average Bonchev–Trinajstić information content (AvgIpc) is 1.85. The van der Waals surface area contributed by atoms with Crippen LogP contribution >= 0.6 is 11.6 Å². The average molecular weight is 173 g/mol. The summed E-state index contributed by atoms with van der Waals surface area (Å²) in [5.41, 5.74) is 0. The van der Waals surface area contributed by atoms with Crippen molar-refractivity contribution in [3.63, 3.8) is 0 Å². The van der Waals surface area contributed by atoms with Crippen molar-refractivity contribution >= 4 is 23.0 Å². The van der Waals surface area contributed by atoms with E-state index in [1.54, 1.807) is 6.92 Å². The third kappa shape index (κ3) is 6.24. The summed E-state index contributed by atoms with van der Waals surface area (Å²) in [6.45, 7) is 2.38. The van der Waals surface area contributed by atoms with Gasteiger partial charge in [0.05, 0.1) is 13.2 Å². The Labute approximate surface area is 62.2 Å². The minimum absolute atomic E-state index is 0.258. The van der Waals surface area contributed by atoms with Crippen LogP contribution in [0, 0.1) is 0 Å². The van der Waals surface area contributed by atoms with Gasteiger partial charge in [-0.15, -0.1) is 11.6 Å². The number of rotatable bonds is 5. The van der Waals surface area contributed by atoms with Gasteiger partial charge in [0.1, 0.15) is 0 Å². The largest absolute Gasteiger partial charge is 0.304 e. The van der Waals surface area contributed by atoms with Gasteiger partial charge >= 0.3 is 11.4 Å². The van der Waals surface area contributed by atoms with E-state index in [1.807, 2.05) is 0 Å². The third-order valence-electron chi connectivity index (χ3n) is 0.471. The number of hydrogen-bond donors (Lipinski definition) is 0. The molecule has 0 amide bonds. The molecule has 56 valence electrons. The minimum atomic E-state index is -1.60. The fourth-order valence-electron chi connectivity index (χ4n) is 0.230. The summed E-state index contributed by atoms with van der Waals surface area (Å²) in [4.78, 5) is 0. The fourth-order valence-corrected chi connectivity index (χ4v) is 0.878. The Morgan fingerprint density at radius 3 is 2.67 bits per heavy atom. The van der Waals surface area contributed by atoms with Crippen LogP contribution in [0.5, 0.6) is 0 Å². The van der Waals surface area contributed by atoms with E-state index in [1.165, 1.54) is 0 Å². The van der Waals surface area contributed by atoms with Gasteiger partial charge in [0.15, 0.2) is 0 Å². The summed E-state index contributed by atoms with van der Waals surface area (Å²) in [6, 6.07) is 0. The molecule has 5 heteroatoms. The Bertz CT molecular complexity index is 87.9. The first-order valence-electron chi connectivity index (χ1n) is 2.55. The van der Waals surface area contributed by atoms with Crippen LogP contribution in [0.3, 0.4) is 0 Å². The highest BCUT2D eigenvalue weighted by Gasteiger charge is 1.95. The van der Waals surface area contributed by atoms with Gasteiger partial charge < -0.3 is 0 Å². The van der Waals surface area contributed by atoms with Crippen molar-refractivity contribution in [1.29, 1.82) is 0 Å². The number of halogens is 1. The second-order valence-electron chi connectivity index (χ2n) is 1.12. The summed E-state index contributed by atoms with van der Waals surface area (Å²) in [5.74, 6) is 0.332. The maximum atomic E-state index is 10.4. The fraction of sp³-hybridized carbons (Fsp3) is 1.00. The van der Waals surface area contributed by atoms with Crippen molar-refractivity contribution < 1.29 is 12.6 Å². The van der Waals surface area contributed by atoms with Crippen LogP contribution in [0.15, 0.2) is 0 Å². The van der Waals surface area contributed by atoms with Crippen LogP contribution in [0.25, 0.3) is 0 Å². The third-order valence-corrected chi connectivity index (χ3v) is 1.41. The first-order valence-corrected chi connectivity index (χ1v) is 4.09. The highest BCUT2D eigenvalue weighted by Crippen LogP contribution is 1.88. The zero-order valence-electron chi connectivity index (χ0n) is 5.13. The molecule has 0 saturated carbocycles. The molecule has 0 rings (SSSR count). The first-order chi connectivity index (χ1) is 4.31. The molecule has 0 aromatic carbocycles. The molecule has 0 aromatic rings. The van der Waals surface area contributed by atoms with Gasteiger partial charge in [-0.2, -0.15) is 4.21 Å². The molecule has 0 fully saturated rings. The van der Waals surface area contributed by atoms with Crippen LogP contribution in [0.4, 0.5) is 0 Å². The van der Waals surface area contributed by atoms with Crippen LogP contribution in [-0.4, -0.2) is 23.3 Å². The second-order valence-corrected chi connectivity index (χ2v) is 2.38. The Morgan fingerprint density at radius 2 is 2.22 bits per heavy atom. The van der Waals surface area contributed by atoms with Gasteiger partial charge in [-0.1, -0.05) is 0 Å². The minimum Gasteiger partial charge on any atom is -0.269 e. The lowest BCUT2D eigenvalue weighted by Crippen LogP contribution is -2.03. The molecule has 0 radical (unpaired) electrons. The molecule has 1 unspecified atom stereocenters. The van der Waals surface area contributed by atoms with Gasteiger partial charge in [0.2, 0.25) is 0 Å². The van der Waals surface area contributed by atoms with Gasteiger partial charge in [-0.3, -0.25) is 8.37 Å². The molecule has 3 nitrogen and oxygen atoms in total. The van der Waals surface area contributed by atoms with E-state index in [0.717, 1.165) is 0 Å². The van der Waals surface area contributed by atoms with E-state index < -0.39 is 11.4 Å². The Kier molecular flexibility index (Phi) is 6.74. The Morgan fingerprint density at radius 1 is 1.56 bits per heavy atom. The van der Waals surface area contributed by atoms with Crippen LogP contribution < -0.4 is 0 Å². The Hall–Kier alpha value is 0.360. The predicted octanol–water partition coefficient (Wildman–Crippen LogP) is 0.857. The zero-order valence-corrected chi connectivity index (χ0v) is 6.70. The monoisotopic (exact) mass is 172 g/mol. The van der Waals surface area contributed by atoms with Gasteiger partial charge in [-0.25, -0.2) is 0 Å². The molecule has 9 heavy (non-hydrogen) atoms. The molecule has 0 bridgehead atoms. The van der Waals surface area contributed by atoms with E-state index >= 15 is 0 Å². The molecule has 0 aliphatic heterocycles. The molecule has 1 atom stereocenters. The van der Waals surface area contributed by atoms with Crippen molar-refractivity contribution in [1.82, 2.24) is 0 Å². The smallest absolute Gasteiger partial charge is 0.269 e. The van der Waals surface area contributed by atoms with Crippen molar-refractivity contribution in [2.45, 2.75) is 6.92 Å². The normalized spacial score (nSPS) is 13.6. The van der Waals surface area contributed by atoms with Crippen LogP contribution in [0.2, 0.25) is 0 Å². The van der Waals surface area contributed by atoms with Gasteiger partial charge in [-0.05, 0) is 6.92 Å². The highest BCUT2D eigenvalue weighted by molar-refractivity contribution is 7.75. The molecule has 0 aliphatic rings. The summed E-state index contributed by atoms with van der Waals surface area (Å²) in [6.07, 6.45) is 0. The molecule has 0 heterocycles. The molecule has 0 aliphatic carbocycles. The topological polar surface area (TPSA) is 35.5 Å². The first kappa shape index (κ1) is 9.36. The number of hydrogen-bond acceptors (Lipinski definition) is 3. The maximum absolute atomic E-state index is 10.4. The molecular formula is C4H9ClO3S. The van der Waals surface area contributed by atoms with Crippen molar-refractivity contribution in [3.05, 3.63) is 0 Å². The Balaban J connectivity index is 3.06.